The number of nitrogens with one attached hydrogen (secondary N) is 1. The molecule has 2 aliphatic heterocycles. The van der Waals surface area contributed by atoms with Gasteiger partial charge in [-0.15, -0.1) is 0 Å². The van der Waals surface area contributed by atoms with Gasteiger partial charge in [0, 0.05) is 32.8 Å². The standard InChI is InChI=1S/C18H33N3O2/c1-3-5-14-12-17(14)20-18(19-2)21-9-7-15(8-10-21)23-13-16-6-4-11-22-16/h14-17H,3-13H2,1-2H3,(H,19,20). The molecule has 2 heterocycles. The fraction of sp³-hybridized carbons (Fsp3) is 0.944. The number of guanidine groups is 1. The maximum absolute atomic E-state index is 6.06. The van der Waals surface area contributed by atoms with Crippen molar-refractivity contribution in [2.75, 3.05) is 33.4 Å². The van der Waals surface area contributed by atoms with E-state index in [-0.39, 0.29) is 0 Å². The highest BCUT2D eigenvalue weighted by molar-refractivity contribution is 5.80. The van der Waals surface area contributed by atoms with Crippen LogP contribution in [0.1, 0.15) is 51.9 Å². The third-order valence-corrected chi connectivity index (χ3v) is 5.39. The van der Waals surface area contributed by atoms with E-state index < -0.39 is 0 Å². The molecule has 5 heteroatoms. The molecule has 3 unspecified atom stereocenters. The molecule has 0 bridgehead atoms. The first kappa shape index (κ1) is 17.0. The maximum atomic E-state index is 6.06. The molecule has 132 valence electrons. The van der Waals surface area contributed by atoms with Crippen molar-refractivity contribution in [3.8, 4) is 0 Å². The van der Waals surface area contributed by atoms with Crippen molar-refractivity contribution in [2.45, 2.75) is 70.1 Å². The fourth-order valence-corrected chi connectivity index (χ4v) is 3.83. The topological polar surface area (TPSA) is 46.1 Å². The molecule has 5 nitrogen and oxygen atoms in total. The van der Waals surface area contributed by atoms with Crippen LogP contribution in [0.5, 0.6) is 0 Å². The van der Waals surface area contributed by atoms with Crippen LogP contribution in [0, 0.1) is 5.92 Å². The van der Waals surface area contributed by atoms with E-state index in [1.165, 1.54) is 25.7 Å². The molecule has 1 aliphatic carbocycles. The average molecular weight is 323 g/mol. The number of hydrogen-bond donors (Lipinski definition) is 1. The molecule has 0 spiro atoms. The summed E-state index contributed by atoms with van der Waals surface area (Å²) in [6.45, 7) is 6.04. The Morgan fingerprint density at radius 2 is 2.13 bits per heavy atom. The number of nitrogens with zero attached hydrogens (tertiary/aromatic N) is 2. The van der Waals surface area contributed by atoms with Crippen molar-refractivity contribution >= 4 is 5.96 Å². The zero-order valence-corrected chi connectivity index (χ0v) is 14.8. The van der Waals surface area contributed by atoms with Gasteiger partial charge in [-0.2, -0.15) is 0 Å². The van der Waals surface area contributed by atoms with E-state index in [4.69, 9.17) is 9.47 Å². The van der Waals surface area contributed by atoms with Crippen LogP contribution in [0.25, 0.3) is 0 Å². The predicted molar refractivity (Wildman–Crippen MR) is 92.8 cm³/mol. The lowest BCUT2D eigenvalue weighted by Gasteiger charge is -2.34. The second-order valence-corrected chi connectivity index (χ2v) is 7.24. The Kier molecular flexibility index (Phi) is 6.17. The quantitative estimate of drug-likeness (QED) is 0.602. The molecule has 3 fully saturated rings. The molecule has 0 amide bonds. The number of hydrogen-bond acceptors (Lipinski definition) is 3. The van der Waals surface area contributed by atoms with Crippen LogP contribution in [0.15, 0.2) is 4.99 Å². The number of aliphatic imine (C=N–C) groups is 1. The van der Waals surface area contributed by atoms with Gasteiger partial charge >= 0.3 is 0 Å². The lowest BCUT2D eigenvalue weighted by atomic mass is 10.1. The molecule has 3 atom stereocenters. The number of ether oxygens (including phenoxy) is 2. The smallest absolute Gasteiger partial charge is 0.193 e. The molecule has 1 N–H and O–H groups in total. The Morgan fingerprint density at radius 1 is 1.30 bits per heavy atom. The zero-order valence-electron chi connectivity index (χ0n) is 14.8. The van der Waals surface area contributed by atoms with Crippen molar-refractivity contribution in [2.24, 2.45) is 10.9 Å². The Labute approximate surface area is 140 Å². The van der Waals surface area contributed by atoms with E-state index in [9.17, 15) is 0 Å². The minimum atomic E-state index is 0.341. The van der Waals surface area contributed by atoms with Crippen LogP contribution < -0.4 is 5.32 Å². The van der Waals surface area contributed by atoms with Gasteiger partial charge in [0.25, 0.3) is 0 Å². The molecule has 0 aromatic heterocycles. The molecule has 0 aromatic carbocycles. The summed E-state index contributed by atoms with van der Waals surface area (Å²) in [5.41, 5.74) is 0. The SMILES string of the molecule is CCCC1CC1NC(=NC)N1CCC(OCC2CCCO2)CC1. The van der Waals surface area contributed by atoms with Crippen molar-refractivity contribution < 1.29 is 9.47 Å². The first-order valence-electron chi connectivity index (χ1n) is 9.51. The fourth-order valence-electron chi connectivity index (χ4n) is 3.83. The summed E-state index contributed by atoms with van der Waals surface area (Å²) in [6, 6.07) is 0.655. The van der Waals surface area contributed by atoms with Crippen molar-refractivity contribution in [1.82, 2.24) is 10.2 Å². The van der Waals surface area contributed by atoms with Crippen LogP contribution in [0.3, 0.4) is 0 Å². The lowest BCUT2D eigenvalue weighted by Crippen LogP contribution is -2.48. The third kappa shape index (κ3) is 4.83. The summed E-state index contributed by atoms with van der Waals surface area (Å²) < 4.78 is 11.7. The summed E-state index contributed by atoms with van der Waals surface area (Å²) in [5.74, 6) is 1.95. The van der Waals surface area contributed by atoms with E-state index in [1.807, 2.05) is 7.05 Å². The molecule has 23 heavy (non-hydrogen) atoms. The van der Waals surface area contributed by atoms with Gasteiger partial charge in [-0.05, 0) is 44.4 Å². The van der Waals surface area contributed by atoms with Crippen LogP contribution in [-0.4, -0.2) is 62.5 Å². The van der Waals surface area contributed by atoms with E-state index in [2.05, 4.69) is 22.1 Å². The van der Waals surface area contributed by atoms with E-state index in [1.54, 1.807) is 0 Å². The van der Waals surface area contributed by atoms with E-state index in [0.717, 1.165) is 57.4 Å². The zero-order chi connectivity index (χ0) is 16.1. The Balaban J connectivity index is 1.35. The number of rotatable bonds is 6. The van der Waals surface area contributed by atoms with Crippen LogP contribution in [-0.2, 0) is 9.47 Å². The maximum Gasteiger partial charge on any atom is 0.193 e. The van der Waals surface area contributed by atoms with Gasteiger partial charge in [0.1, 0.15) is 0 Å². The van der Waals surface area contributed by atoms with Crippen LogP contribution in [0.2, 0.25) is 0 Å². The third-order valence-electron chi connectivity index (χ3n) is 5.39. The second kappa shape index (κ2) is 8.34. The lowest BCUT2D eigenvalue weighted by molar-refractivity contribution is -0.0367. The second-order valence-electron chi connectivity index (χ2n) is 7.24. The summed E-state index contributed by atoms with van der Waals surface area (Å²) >= 11 is 0. The van der Waals surface area contributed by atoms with Gasteiger partial charge in [0.05, 0.1) is 18.8 Å². The Hall–Kier alpha value is -0.810. The van der Waals surface area contributed by atoms with Gasteiger partial charge in [-0.3, -0.25) is 4.99 Å². The van der Waals surface area contributed by atoms with Crippen molar-refractivity contribution in [3.63, 3.8) is 0 Å². The molecule has 0 radical (unpaired) electrons. The van der Waals surface area contributed by atoms with Gasteiger partial charge in [0.2, 0.25) is 0 Å². The summed E-state index contributed by atoms with van der Waals surface area (Å²) in [4.78, 5) is 6.89. The van der Waals surface area contributed by atoms with Gasteiger partial charge in [-0.1, -0.05) is 13.3 Å². The highest BCUT2D eigenvalue weighted by Gasteiger charge is 2.37. The van der Waals surface area contributed by atoms with Crippen LogP contribution >= 0.6 is 0 Å². The molecule has 2 saturated heterocycles. The first-order valence-corrected chi connectivity index (χ1v) is 9.51. The average Bonchev–Trinajstić information content (AvgIpc) is 3.09. The van der Waals surface area contributed by atoms with Gasteiger partial charge in [-0.25, -0.2) is 0 Å². The predicted octanol–water partition coefficient (Wildman–Crippen LogP) is 2.41. The molecule has 3 rings (SSSR count). The van der Waals surface area contributed by atoms with Crippen molar-refractivity contribution in [3.05, 3.63) is 0 Å². The Bertz CT molecular complexity index is 388. The Morgan fingerprint density at radius 3 is 2.78 bits per heavy atom. The molecular formula is C18H33N3O2. The minimum Gasteiger partial charge on any atom is -0.376 e. The monoisotopic (exact) mass is 323 g/mol. The molecule has 0 aromatic rings. The minimum absolute atomic E-state index is 0.341. The molecule has 1 saturated carbocycles. The van der Waals surface area contributed by atoms with Gasteiger partial charge in [0.15, 0.2) is 5.96 Å². The molecule has 3 aliphatic rings. The largest absolute Gasteiger partial charge is 0.376 e. The highest BCUT2D eigenvalue weighted by Crippen LogP contribution is 2.34. The van der Waals surface area contributed by atoms with Gasteiger partial charge < -0.3 is 19.7 Å². The summed E-state index contributed by atoms with van der Waals surface area (Å²) in [5, 5.41) is 3.65. The van der Waals surface area contributed by atoms with Crippen molar-refractivity contribution in [1.29, 1.82) is 0 Å². The summed E-state index contributed by atoms with van der Waals surface area (Å²) in [7, 11) is 1.90. The van der Waals surface area contributed by atoms with Crippen LogP contribution in [0.4, 0.5) is 0 Å². The van der Waals surface area contributed by atoms with E-state index in [0.29, 0.717) is 18.2 Å². The number of piperidine rings is 1. The summed E-state index contributed by atoms with van der Waals surface area (Å²) in [6.07, 6.45) is 9.21. The van der Waals surface area contributed by atoms with E-state index >= 15 is 0 Å². The normalized spacial score (nSPS) is 32.3. The molecular weight excluding hydrogens is 290 g/mol. The highest BCUT2D eigenvalue weighted by atomic mass is 16.5. The number of likely N-dealkylation sites (tertiary alicyclic amines) is 1. The first-order chi connectivity index (χ1) is 11.3.